The molecule has 0 amide bonds. The highest BCUT2D eigenvalue weighted by Gasteiger charge is 2.08. The third-order valence-corrected chi connectivity index (χ3v) is 4.93. The minimum atomic E-state index is 0.231. The van der Waals surface area contributed by atoms with E-state index >= 15 is 0 Å². The number of methoxy groups -OCH3 is 1. The summed E-state index contributed by atoms with van der Waals surface area (Å²) in [5.74, 6) is 7.05. The molecule has 0 spiro atoms. The quantitative estimate of drug-likeness (QED) is 0.401. The van der Waals surface area contributed by atoms with Crippen molar-refractivity contribution >= 4 is 34.0 Å². The van der Waals surface area contributed by atoms with Gasteiger partial charge in [0.15, 0.2) is 0 Å². The van der Waals surface area contributed by atoms with Gasteiger partial charge in [-0.15, -0.1) is 11.8 Å². The first kappa shape index (κ1) is 18.6. The van der Waals surface area contributed by atoms with Crippen LogP contribution in [0.15, 0.2) is 47.4 Å². The van der Waals surface area contributed by atoms with Crippen LogP contribution in [0.3, 0.4) is 0 Å². The Morgan fingerprint density at radius 3 is 2.85 bits per heavy atom. The van der Waals surface area contributed by atoms with Gasteiger partial charge in [-0.1, -0.05) is 12.0 Å². The molecule has 0 aliphatic heterocycles. The van der Waals surface area contributed by atoms with Crippen molar-refractivity contribution in [1.82, 2.24) is 4.57 Å². The maximum absolute atomic E-state index is 9.13. The molecule has 0 radical (unpaired) electrons. The number of nitrogens with zero attached hydrogens (tertiary/aromatic N) is 2. The molecule has 5 nitrogen and oxygen atoms in total. The second kappa shape index (κ2) is 8.44. The van der Waals surface area contributed by atoms with E-state index in [4.69, 9.17) is 15.7 Å². The van der Waals surface area contributed by atoms with E-state index in [0.717, 1.165) is 32.9 Å². The van der Waals surface area contributed by atoms with Crippen molar-refractivity contribution in [2.75, 3.05) is 31.0 Å². The summed E-state index contributed by atoms with van der Waals surface area (Å²) in [5.41, 5.74) is 9.32. The van der Waals surface area contributed by atoms with Gasteiger partial charge in [0.2, 0.25) is 0 Å². The summed E-state index contributed by atoms with van der Waals surface area (Å²) >= 11 is 1.67. The molecule has 2 aromatic carbocycles. The highest BCUT2D eigenvalue weighted by atomic mass is 32.2. The number of aromatic nitrogens is 1. The lowest BCUT2D eigenvalue weighted by atomic mass is 10.2. The number of thioether (sulfide) groups is 1. The van der Waals surface area contributed by atoms with Crippen LogP contribution < -0.4 is 15.8 Å². The molecule has 0 saturated carbocycles. The van der Waals surface area contributed by atoms with Gasteiger partial charge in [0, 0.05) is 16.0 Å². The average molecular weight is 376 g/mol. The Labute approximate surface area is 163 Å². The molecule has 0 aliphatic carbocycles. The summed E-state index contributed by atoms with van der Waals surface area (Å²) in [6.45, 7) is 0.687. The number of fused-ring (bicyclic) bond motifs is 1. The van der Waals surface area contributed by atoms with Crippen LogP contribution in [0.25, 0.3) is 10.9 Å². The number of nitrogen functional groups attached to an aromatic ring is 1. The number of rotatable bonds is 5. The smallest absolute Gasteiger partial charge is 0.143 e. The minimum absolute atomic E-state index is 0.231. The lowest BCUT2D eigenvalue weighted by Crippen LogP contribution is -2.02. The summed E-state index contributed by atoms with van der Waals surface area (Å²) in [5, 5.41) is 13.3. The maximum Gasteiger partial charge on any atom is 0.143 e. The summed E-state index contributed by atoms with van der Waals surface area (Å²) < 4.78 is 7.31. The Morgan fingerprint density at radius 2 is 2.11 bits per heavy atom. The first-order valence-corrected chi connectivity index (χ1v) is 9.60. The molecule has 27 heavy (non-hydrogen) atoms. The molecule has 0 atom stereocenters. The van der Waals surface area contributed by atoms with Gasteiger partial charge in [-0.3, -0.25) is 0 Å². The topological polar surface area (TPSA) is 76.0 Å². The van der Waals surface area contributed by atoms with Crippen molar-refractivity contribution in [3.63, 3.8) is 0 Å². The van der Waals surface area contributed by atoms with Crippen molar-refractivity contribution < 1.29 is 4.74 Å². The second-order valence-electron chi connectivity index (χ2n) is 5.78. The lowest BCUT2D eigenvalue weighted by Gasteiger charge is -2.10. The molecule has 3 rings (SSSR count). The third-order valence-electron chi connectivity index (χ3n) is 4.20. The molecule has 0 aliphatic rings. The fourth-order valence-electron chi connectivity index (χ4n) is 2.87. The molecular formula is C21H20N4OS. The summed E-state index contributed by atoms with van der Waals surface area (Å²) in [6.07, 6.45) is 2.03. The van der Waals surface area contributed by atoms with E-state index in [1.807, 2.05) is 53.3 Å². The first-order valence-electron chi connectivity index (χ1n) is 8.37. The number of hydrogen-bond donors (Lipinski definition) is 2. The summed E-state index contributed by atoms with van der Waals surface area (Å²) in [4.78, 5) is 1.14. The van der Waals surface area contributed by atoms with E-state index in [2.05, 4.69) is 23.2 Å². The minimum Gasteiger partial charge on any atom is -0.495 e. The van der Waals surface area contributed by atoms with Gasteiger partial charge in [-0.2, -0.15) is 5.26 Å². The number of hydrogen-bond acceptors (Lipinski definition) is 5. The van der Waals surface area contributed by atoms with Crippen molar-refractivity contribution in [1.29, 1.82) is 5.26 Å². The normalized spacial score (nSPS) is 10.1. The number of ether oxygens (including phenoxy) is 1. The number of nitrogens with two attached hydrogens (primary N) is 1. The van der Waals surface area contributed by atoms with Crippen LogP contribution in [0.1, 0.15) is 5.69 Å². The zero-order valence-corrected chi connectivity index (χ0v) is 16.1. The molecule has 0 bridgehead atoms. The van der Waals surface area contributed by atoms with E-state index in [1.165, 1.54) is 0 Å². The largest absolute Gasteiger partial charge is 0.495 e. The Kier molecular flexibility index (Phi) is 5.80. The Bertz CT molecular complexity index is 1070. The van der Waals surface area contributed by atoms with Crippen LogP contribution in [-0.4, -0.2) is 24.5 Å². The molecule has 1 heterocycles. The van der Waals surface area contributed by atoms with Crippen molar-refractivity contribution in [2.24, 2.45) is 0 Å². The molecule has 0 fully saturated rings. The summed E-state index contributed by atoms with van der Waals surface area (Å²) in [6, 6.07) is 15.8. The van der Waals surface area contributed by atoms with Gasteiger partial charge in [0.25, 0.3) is 0 Å². The van der Waals surface area contributed by atoms with E-state index in [0.29, 0.717) is 12.2 Å². The van der Waals surface area contributed by atoms with Crippen LogP contribution in [0.5, 0.6) is 5.75 Å². The van der Waals surface area contributed by atoms with E-state index < -0.39 is 0 Å². The van der Waals surface area contributed by atoms with Crippen molar-refractivity contribution in [2.45, 2.75) is 11.4 Å². The maximum atomic E-state index is 9.13. The lowest BCUT2D eigenvalue weighted by molar-refractivity contribution is 0.415. The predicted octanol–water partition coefficient (Wildman–Crippen LogP) is 3.94. The van der Waals surface area contributed by atoms with Gasteiger partial charge in [-0.25, -0.2) is 0 Å². The molecule has 136 valence electrons. The van der Waals surface area contributed by atoms with E-state index in [-0.39, 0.29) is 6.54 Å². The molecule has 3 N–H and O–H groups in total. The van der Waals surface area contributed by atoms with Gasteiger partial charge in [0.1, 0.15) is 12.3 Å². The summed E-state index contributed by atoms with van der Waals surface area (Å²) in [7, 11) is 1.65. The monoisotopic (exact) mass is 376 g/mol. The van der Waals surface area contributed by atoms with Gasteiger partial charge in [-0.05, 0) is 48.6 Å². The fourth-order valence-corrected chi connectivity index (χ4v) is 3.30. The van der Waals surface area contributed by atoms with Crippen molar-refractivity contribution in [3.8, 4) is 23.7 Å². The Balaban J connectivity index is 1.82. The standard InChI is InChI=1S/C21H20N4OS/c1-26-21-14-16(27-2)8-9-19(21)24-11-4-5-15-13-17-18(23)6-3-7-20(17)25(15)12-10-22/h3,6-9,13-14,24H,11-12,23H2,1-2H3. The van der Waals surface area contributed by atoms with Gasteiger partial charge < -0.3 is 20.4 Å². The Hall–Kier alpha value is -3.22. The third kappa shape index (κ3) is 3.97. The van der Waals surface area contributed by atoms with Crippen LogP contribution >= 0.6 is 11.8 Å². The number of nitriles is 1. The fraction of sp³-hybridized carbons (Fsp3) is 0.190. The highest BCUT2D eigenvalue weighted by Crippen LogP contribution is 2.29. The molecule has 1 aromatic heterocycles. The molecule has 6 heteroatoms. The van der Waals surface area contributed by atoms with Crippen molar-refractivity contribution in [3.05, 3.63) is 48.2 Å². The number of anilines is 2. The van der Waals surface area contributed by atoms with Crippen LogP contribution in [0.4, 0.5) is 11.4 Å². The number of nitrogens with one attached hydrogen (secondary N) is 1. The predicted molar refractivity (Wildman–Crippen MR) is 112 cm³/mol. The molecule has 3 aromatic rings. The number of benzene rings is 2. The molecule has 0 unspecified atom stereocenters. The highest BCUT2D eigenvalue weighted by molar-refractivity contribution is 7.98. The van der Waals surface area contributed by atoms with Gasteiger partial charge in [0.05, 0.1) is 36.6 Å². The van der Waals surface area contributed by atoms with Crippen LogP contribution in [0, 0.1) is 23.2 Å². The van der Waals surface area contributed by atoms with Gasteiger partial charge >= 0.3 is 0 Å². The van der Waals surface area contributed by atoms with Crippen LogP contribution in [0.2, 0.25) is 0 Å². The first-order chi connectivity index (χ1) is 13.2. The Morgan fingerprint density at radius 1 is 1.26 bits per heavy atom. The second-order valence-corrected chi connectivity index (χ2v) is 6.66. The van der Waals surface area contributed by atoms with Crippen LogP contribution in [-0.2, 0) is 6.54 Å². The molecular weight excluding hydrogens is 356 g/mol. The van der Waals surface area contributed by atoms with E-state index in [9.17, 15) is 0 Å². The zero-order chi connectivity index (χ0) is 19.2. The SMILES string of the molecule is COc1cc(SC)ccc1NCC#Cc1cc2c(N)cccc2n1CC#N. The zero-order valence-electron chi connectivity index (χ0n) is 15.2. The molecule has 0 saturated heterocycles. The van der Waals surface area contributed by atoms with E-state index in [1.54, 1.807) is 18.9 Å². The average Bonchev–Trinajstić information content (AvgIpc) is 3.04.